The maximum atomic E-state index is 12.5. The van der Waals surface area contributed by atoms with Crippen LogP contribution in [0.25, 0.3) is 11.0 Å². The fourth-order valence-corrected chi connectivity index (χ4v) is 2.57. The van der Waals surface area contributed by atoms with Gasteiger partial charge in [0.05, 0.1) is 6.42 Å². The summed E-state index contributed by atoms with van der Waals surface area (Å²) in [5.74, 6) is -0.0654. The summed E-state index contributed by atoms with van der Waals surface area (Å²) in [5.41, 5.74) is 3.12. The molecule has 3 rings (SSSR count). The molecule has 0 spiro atoms. The minimum absolute atomic E-state index is 0.0654. The number of para-hydroxylation sites is 1. The predicted molar refractivity (Wildman–Crippen MR) is 87.3 cm³/mol. The van der Waals surface area contributed by atoms with E-state index in [-0.39, 0.29) is 12.3 Å². The number of hydrogen-bond acceptors (Lipinski definition) is 3. The molecule has 0 fully saturated rings. The average molecular weight is 315 g/mol. The van der Waals surface area contributed by atoms with Crippen LogP contribution in [0.1, 0.15) is 11.3 Å². The minimum atomic E-state index is -0.0654. The number of anilines is 1. The minimum Gasteiger partial charge on any atom is -0.356 e. The van der Waals surface area contributed by atoms with Crippen molar-refractivity contribution in [1.29, 1.82) is 0 Å². The highest BCUT2D eigenvalue weighted by molar-refractivity contribution is 6.31. The summed E-state index contributed by atoms with van der Waals surface area (Å²) < 4.78 is 5.24. The van der Waals surface area contributed by atoms with E-state index in [9.17, 15) is 4.79 Å². The number of fused-ring (bicyclic) bond motifs is 1. The molecule has 0 aliphatic heterocycles. The number of rotatable bonds is 3. The molecular weight excluding hydrogens is 300 g/mol. The molecule has 0 saturated heterocycles. The number of aryl methyl sites for hydroxylation is 1. The van der Waals surface area contributed by atoms with Crippen LogP contribution in [0.2, 0.25) is 5.02 Å². The number of benzene rings is 2. The SMILES string of the molecule is Cc1ccc(Cl)cc1N(C)C(=O)Cc1noc2ccccc12. The van der Waals surface area contributed by atoms with Gasteiger partial charge in [-0.05, 0) is 36.8 Å². The second-order valence-electron chi connectivity index (χ2n) is 5.19. The van der Waals surface area contributed by atoms with Gasteiger partial charge in [-0.25, -0.2) is 0 Å². The van der Waals surface area contributed by atoms with Gasteiger partial charge in [0.1, 0.15) is 5.69 Å². The zero-order valence-electron chi connectivity index (χ0n) is 12.3. The molecule has 0 aliphatic carbocycles. The number of nitrogens with zero attached hydrogens (tertiary/aromatic N) is 2. The standard InChI is InChI=1S/C17H15ClN2O2/c1-11-7-8-12(18)9-15(11)20(2)17(21)10-14-13-5-3-4-6-16(13)22-19-14/h3-9H,10H2,1-2H3. The Balaban J connectivity index is 1.86. The molecule has 0 radical (unpaired) electrons. The molecule has 1 heterocycles. The van der Waals surface area contributed by atoms with Gasteiger partial charge >= 0.3 is 0 Å². The number of carbonyl (C=O) groups excluding carboxylic acids is 1. The van der Waals surface area contributed by atoms with Crippen LogP contribution >= 0.6 is 11.6 Å². The molecule has 0 aliphatic rings. The summed E-state index contributed by atoms with van der Waals surface area (Å²) in [7, 11) is 1.74. The predicted octanol–water partition coefficient (Wildman–Crippen LogP) is 4.00. The first kappa shape index (κ1) is 14.6. The molecule has 5 heteroatoms. The Labute approximate surface area is 133 Å². The highest BCUT2D eigenvalue weighted by Crippen LogP contribution is 2.25. The number of halogens is 1. The van der Waals surface area contributed by atoms with Crippen LogP contribution in [0.15, 0.2) is 47.0 Å². The molecule has 1 aromatic heterocycles. The van der Waals surface area contributed by atoms with Gasteiger partial charge < -0.3 is 9.42 Å². The van der Waals surface area contributed by atoms with Gasteiger partial charge in [-0.2, -0.15) is 0 Å². The molecule has 0 unspecified atom stereocenters. The van der Waals surface area contributed by atoms with Crippen LogP contribution in [0.4, 0.5) is 5.69 Å². The fraction of sp³-hybridized carbons (Fsp3) is 0.176. The van der Waals surface area contributed by atoms with Crippen LogP contribution in [0.3, 0.4) is 0 Å². The van der Waals surface area contributed by atoms with Crippen LogP contribution in [-0.4, -0.2) is 18.1 Å². The molecule has 0 saturated carbocycles. The van der Waals surface area contributed by atoms with Gasteiger partial charge in [-0.3, -0.25) is 4.79 Å². The van der Waals surface area contributed by atoms with Gasteiger partial charge in [0.2, 0.25) is 5.91 Å². The van der Waals surface area contributed by atoms with Crippen LogP contribution in [-0.2, 0) is 11.2 Å². The second-order valence-corrected chi connectivity index (χ2v) is 5.62. The van der Waals surface area contributed by atoms with Crippen LogP contribution < -0.4 is 4.90 Å². The van der Waals surface area contributed by atoms with Gasteiger partial charge in [0.25, 0.3) is 0 Å². The maximum Gasteiger partial charge on any atom is 0.232 e. The van der Waals surface area contributed by atoms with Gasteiger partial charge in [0, 0.05) is 23.1 Å². The van der Waals surface area contributed by atoms with Crippen molar-refractivity contribution in [2.45, 2.75) is 13.3 Å². The molecule has 2 aromatic carbocycles. The Morgan fingerprint density at radius 3 is 2.86 bits per heavy atom. The normalized spacial score (nSPS) is 10.9. The summed E-state index contributed by atoms with van der Waals surface area (Å²) in [6.45, 7) is 1.95. The van der Waals surface area contributed by atoms with E-state index in [1.165, 1.54) is 0 Å². The van der Waals surface area contributed by atoms with E-state index in [1.54, 1.807) is 18.0 Å². The Kier molecular flexibility index (Phi) is 3.86. The summed E-state index contributed by atoms with van der Waals surface area (Å²) in [4.78, 5) is 14.1. The fourth-order valence-electron chi connectivity index (χ4n) is 2.41. The molecular formula is C17H15ClN2O2. The lowest BCUT2D eigenvalue weighted by Gasteiger charge is -2.19. The number of likely N-dealkylation sites (N-methyl/N-ethyl adjacent to an activating group) is 1. The highest BCUT2D eigenvalue weighted by Gasteiger charge is 2.17. The molecule has 0 N–H and O–H groups in total. The molecule has 0 bridgehead atoms. The molecule has 0 atom stereocenters. The number of hydrogen-bond donors (Lipinski definition) is 0. The quantitative estimate of drug-likeness (QED) is 0.734. The number of carbonyl (C=O) groups is 1. The zero-order valence-corrected chi connectivity index (χ0v) is 13.1. The van der Waals surface area contributed by atoms with Gasteiger partial charge in [0.15, 0.2) is 5.58 Å². The van der Waals surface area contributed by atoms with E-state index in [0.717, 1.165) is 16.6 Å². The summed E-state index contributed by atoms with van der Waals surface area (Å²) in [5, 5.41) is 5.47. The Morgan fingerprint density at radius 2 is 2.05 bits per heavy atom. The van der Waals surface area contributed by atoms with Crippen LogP contribution in [0, 0.1) is 6.92 Å². The lowest BCUT2D eigenvalue weighted by atomic mass is 10.1. The lowest BCUT2D eigenvalue weighted by Crippen LogP contribution is -2.28. The third-order valence-corrected chi connectivity index (χ3v) is 3.91. The molecule has 1 amide bonds. The lowest BCUT2D eigenvalue weighted by molar-refractivity contribution is -0.117. The van der Waals surface area contributed by atoms with Crippen LogP contribution in [0.5, 0.6) is 0 Å². The molecule has 112 valence electrons. The number of aromatic nitrogens is 1. The smallest absolute Gasteiger partial charge is 0.232 e. The van der Waals surface area contributed by atoms with E-state index in [2.05, 4.69) is 5.16 Å². The molecule has 4 nitrogen and oxygen atoms in total. The van der Waals surface area contributed by atoms with E-state index in [4.69, 9.17) is 16.1 Å². The van der Waals surface area contributed by atoms with Crippen molar-refractivity contribution in [3.05, 3.63) is 58.7 Å². The van der Waals surface area contributed by atoms with Crippen molar-refractivity contribution in [2.24, 2.45) is 0 Å². The van der Waals surface area contributed by atoms with E-state index < -0.39 is 0 Å². The first-order valence-corrected chi connectivity index (χ1v) is 7.30. The van der Waals surface area contributed by atoms with E-state index in [1.807, 2.05) is 43.3 Å². The first-order chi connectivity index (χ1) is 10.6. The van der Waals surface area contributed by atoms with Crippen molar-refractivity contribution in [3.8, 4) is 0 Å². The van der Waals surface area contributed by atoms with E-state index >= 15 is 0 Å². The van der Waals surface area contributed by atoms with E-state index in [0.29, 0.717) is 16.3 Å². The molecule has 3 aromatic rings. The van der Waals surface area contributed by atoms with Gasteiger partial charge in [-0.1, -0.05) is 35.0 Å². The summed E-state index contributed by atoms with van der Waals surface area (Å²) in [6, 6.07) is 13.0. The summed E-state index contributed by atoms with van der Waals surface area (Å²) >= 11 is 6.02. The Hall–Kier alpha value is -2.33. The number of amides is 1. The topological polar surface area (TPSA) is 46.3 Å². The Morgan fingerprint density at radius 1 is 1.27 bits per heavy atom. The van der Waals surface area contributed by atoms with Crippen molar-refractivity contribution >= 4 is 34.2 Å². The zero-order chi connectivity index (χ0) is 15.7. The largest absolute Gasteiger partial charge is 0.356 e. The third-order valence-electron chi connectivity index (χ3n) is 3.68. The van der Waals surface area contributed by atoms with Crippen molar-refractivity contribution < 1.29 is 9.32 Å². The summed E-state index contributed by atoms with van der Waals surface area (Å²) in [6.07, 6.45) is 0.180. The highest BCUT2D eigenvalue weighted by atomic mass is 35.5. The van der Waals surface area contributed by atoms with Crippen molar-refractivity contribution in [3.63, 3.8) is 0 Å². The second kappa shape index (κ2) is 5.81. The average Bonchev–Trinajstić information content (AvgIpc) is 2.92. The van der Waals surface area contributed by atoms with Gasteiger partial charge in [-0.15, -0.1) is 0 Å². The first-order valence-electron chi connectivity index (χ1n) is 6.92. The molecule has 22 heavy (non-hydrogen) atoms. The third kappa shape index (κ3) is 2.70. The Bertz CT molecular complexity index is 842. The van der Waals surface area contributed by atoms with Crippen molar-refractivity contribution in [2.75, 3.05) is 11.9 Å². The monoisotopic (exact) mass is 314 g/mol. The maximum absolute atomic E-state index is 12.5. The van der Waals surface area contributed by atoms with Crippen molar-refractivity contribution in [1.82, 2.24) is 5.16 Å².